The molecular formula is C20H13F3N2O2S. The Bertz CT molecular complexity index is 1210. The number of aromatic nitrogens is 2. The summed E-state index contributed by atoms with van der Waals surface area (Å²) >= 11 is 1.21. The second kappa shape index (κ2) is 6.79. The highest BCUT2D eigenvalue weighted by Gasteiger charge is 2.30. The first-order chi connectivity index (χ1) is 13.3. The van der Waals surface area contributed by atoms with E-state index in [9.17, 15) is 23.1 Å². The fourth-order valence-corrected chi connectivity index (χ4v) is 3.96. The molecule has 142 valence electrons. The topological polar surface area (TPSA) is 55.1 Å². The zero-order valence-corrected chi connectivity index (χ0v) is 15.1. The number of phenols is 1. The Morgan fingerprint density at radius 3 is 2.50 bits per heavy atom. The van der Waals surface area contributed by atoms with Crippen molar-refractivity contribution >= 4 is 21.4 Å². The van der Waals surface area contributed by atoms with Crippen molar-refractivity contribution in [3.8, 4) is 16.2 Å². The molecule has 1 N–H and O–H groups in total. The Morgan fingerprint density at radius 2 is 1.82 bits per heavy atom. The van der Waals surface area contributed by atoms with Crippen molar-refractivity contribution in [2.75, 3.05) is 0 Å². The van der Waals surface area contributed by atoms with Crippen LogP contribution in [0.1, 0.15) is 11.1 Å². The van der Waals surface area contributed by atoms with Gasteiger partial charge in [-0.05, 0) is 41.5 Å². The average Bonchev–Trinajstić information content (AvgIpc) is 3.09. The van der Waals surface area contributed by atoms with Crippen LogP contribution < -0.4 is 5.56 Å². The molecule has 2 aromatic carbocycles. The Balaban J connectivity index is 1.70. The molecule has 2 aromatic heterocycles. The van der Waals surface area contributed by atoms with E-state index < -0.39 is 11.7 Å². The zero-order chi connectivity index (χ0) is 19.9. The maximum Gasteiger partial charge on any atom is 0.416 e. The quantitative estimate of drug-likeness (QED) is 0.530. The van der Waals surface area contributed by atoms with Crippen molar-refractivity contribution in [3.63, 3.8) is 0 Å². The Morgan fingerprint density at radius 1 is 1.07 bits per heavy atom. The number of rotatable bonds is 3. The normalized spacial score (nSPS) is 11.8. The molecule has 0 fully saturated rings. The van der Waals surface area contributed by atoms with Crippen LogP contribution in [0.4, 0.5) is 13.2 Å². The van der Waals surface area contributed by atoms with Gasteiger partial charge in [-0.1, -0.05) is 24.3 Å². The molecule has 0 aliphatic carbocycles. The highest BCUT2D eigenvalue weighted by Crippen LogP contribution is 2.34. The second-order valence-corrected chi connectivity index (χ2v) is 7.30. The third-order valence-electron chi connectivity index (χ3n) is 4.27. The summed E-state index contributed by atoms with van der Waals surface area (Å²) < 4.78 is 39.9. The summed E-state index contributed by atoms with van der Waals surface area (Å²) in [5.74, 6) is 0.104. The fourth-order valence-electron chi connectivity index (χ4n) is 2.88. The lowest BCUT2D eigenvalue weighted by Crippen LogP contribution is -2.22. The minimum Gasteiger partial charge on any atom is -0.508 e. The number of hydrogen-bond acceptors (Lipinski definition) is 4. The van der Waals surface area contributed by atoms with Gasteiger partial charge < -0.3 is 5.11 Å². The van der Waals surface area contributed by atoms with Crippen molar-refractivity contribution in [3.05, 3.63) is 82.3 Å². The third kappa shape index (κ3) is 3.50. The molecule has 0 aliphatic heterocycles. The first-order valence-electron chi connectivity index (χ1n) is 8.26. The summed E-state index contributed by atoms with van der Waals surface area (Å²) in [5.41, 5.74) is 0.332. The van der Waals surface area contributed by atoms with Crippen molar-refractivity contribution < 1.29 is 18.3 Å². The van der Waals surface area contributed by atoms with Crippen LogP contribution in [-0.4, -0.2) is 14.9 Å². The van der Waals surface area contributed by atoms with E-state index in [2.05, 4.69) is 5.10 Å². The minimum atomic E-state index is -4.39. The number of halogens is 3. The third-order valence-corrected chi connectivity index (χ3v) is 5.45. The second-order valence-electron chi connectivity index (χ2n) is 6.25. The van der Waals surface area contributed by atoms with Gasteiger partial charge >= 0.3 is 6.18 Å². The molecule has 8 heteroatoms. The van der Waals surface area contributed by atoms with Crippen molar-refractivity contribution in [1.29, 1.82) is 0 Å². The summed E-state index contributed by atoms with van der Waals surface area (Å²) in [7, 11) is 0. The Labute approximate surface area is 161 Å². The van der Waals surface area contributed by atoms with Gasteiger partial charge in [0.1, 0.15) is 10.4 Å². The lowest BCUT2D eigenvalue weighted by Gasteiger charge is -2.06. The van der Waals surface area contributed by atoms with E-state index in [-0.39, 0.29) is 17.9 Å². The number of alkyl halides is 3. The van der Waals surface area contributed by atoms with Crippen LogP contribution in [0.15, 0.2) is 65.6 Å². The van der Waals surface area contributed by atoms with E-state index >= 15 is 0 Å². The summed E-state index contributed by atoms with van der Waals surface area (Å²) in [5, 5.41) is 14.4. The molecule has 0 atom stereocenters. The summed E-state index contributed by atoms with van der Waals surface area (Å²) in [6.07, 6.45) is -2.83. The lowest BCUT2D eigenvalue weighted by atomic mass is 10.1. The van der Waals surface area contributed by atoms with Gasteiger partial charge in [0, 0.05) is 10.3 Å². The van der Waals surface area contributed by atoms with Crippen LogP contribution >= 0.6 is 11.3 Å². The van der Waals surface area contributed by atoms with Crippen LogP contribution in [0.2, 0.25) is 0 Å². The molecule has 4 aromatic rings. The molecule has 0 amide bonds. The molecule has 0 bridgehead atoms. The lowest BCUT2D eigenvalue weighted by molar-refractivity contribution is -0.137. The van der Waals surface area contributed by atoms with E-state index in [4.69, 9.17) is 0 Å². The van der Waals surface area contributed by atoms with Crippen molar-refractivity contribution in [1.82, 2.24) is 9.78 Å². The van der Waals surface area contributed by atoms with Crippen molar-refractivity contribution in [2.45, 2.75) is 12.7 Å². The first-order valence-corrected chi connectivity index (χ1v) is 9.08. The van der Waals surface area contributed by atoms with Crippen LogP contribution in [0, 0.1) is 0 Å². The predicted molar refractivity (Wildman–Crippen MR) is 102 cm³/mol. The van der Waals surface area contributed by atoms with Gasteiger partial charge in [-0.2, -0.15) is 18.3 Å². The van der Waals surface area contributed by atoms with Gasteiger partial charge in [0.2, 0.25) is 0 Å². The number of aromatic hydroxyl groups is 1. The highest BCUT2D eigenvalue weighted by molar-refractivity contribution is 7.22. The van der Waals surface area contributed by atoms with Gasteiger partial charge in [0.15, 0.2) is 0 Å². The maximum absolute atomic E-state index is 12.7. The van der Waals surface area contributed by atoms with E-state index in [0.717, 1.165) is 17.7 Å². The van der Waals surface area contributed by atoms with E-state index in [1.54, 1.807) is 36.5 Å². The van der Waals surface area contributed by atoms with Crippen LogP contribution in [-0.2, 0) is 12.7 Å². The standard InChI is InChI=1S/C20H13F3N2O2S/c21-20(22,23)15-6-4-13(5-7-15)17-9-14-10-24-25(19(27)18(14)28-17)11-12-2-1-3-16(26)8-12/h1-10,26H,11H2. The smallest absolute Gasteiger partial charge is 0.416 e. The molecule has 28 heavy (non-hydrogen) atoms. The summed E-state index contributed by atoms with van der Waals surface area (Å²) in [6, 6.07) is 13.1. The molecule has 0 spiro atoms. The Hall–Kier alpha value is -3.13. The number of nitrogens with zero attached hydrogens (tertiary/aromatic N) is 2. The van der Waals surface area contributed by atoms with Gasteiger partial charge in [-0.25, -0.2) is 4.68 Å². The van der Waals surface area contributed by atoms with Crippen LogP contribution in [0.3, 0.4) is 0 Å². The average molecular weight is 402 g/mol. The number of hydrogen-bond donors (Lipinski definition) is 1. The molecule has 0 saturated heterocycles. The van der Waals surface area contributed by atoms with Crippen molar-refractivity contribution in [2.24, 2.45) is 0 Å². The van der Waals surface area contributed by atoms with E-state index in [1.165, 1.54) is 28.2 Å². The molecule has 0 aliphatic rings. The summed E-state index contributed by atoms with van der Waals surface area (Å²) in [6.45, 7) is 0.205. The molecular weight excluding hydrogens is 389 g/mol. The molecule has 4 rings (SSSR count). The number of phenolic OH excluding ortho intramolecular Hbond substituents is 1. The molecule has 0 radical (unpaired) electrons. The minimum absolute atomic E-state index is 0.104. The largest absolute Gasteiger partial charge is 0.508 e. The monoisotopic (exact) mass is 402 g/mol. The first kappa shape index (κ1) is 18.2. The Kier molecular flexibility index (Phi) is 4.43. The van der Waals surface area contributed by atoms with E-state index in [1.807, 2.05) is 0 Å². The number of benzene rings is 2. The van der Waals surface area contributed by atoms with E-state index in [0.29, 0.717) is 20.5 Å². The zero-order valence-electron chi connectivity index (χ0n) is 14.3. The fraction of sp³-hybridized carbons (Fsp3) is 0.100. The van der Waals surface area contributed by atoms with Crippen LogP contribution in [0.25, 0.3) is 20.5 Å². The molecule has 2 heterocycles. The van der Waals surface area contributed by atoms with Gasteiger partial charge in [0.25, 0.3) is 5.56 Å². The maximum atomic E-state index is 12.7. The van der Waals surface area contributed by atoms with Gasteiger partial charge in [0.05, 0.1) is 18.3 Å². The van der Waals surface area contributed by atoms with Crippen LogP contribution in [0.5, 0.6) is 5.75 Å². The molecule has 0 saturated carbocycles. The molecule has 0 unspecified atom stereocenters. The van der Waals surface area contributed by atoms with Gasteiger partial charge in [-0.15, -0.1) is 11.3 Å². The van der Waals surface area contributed by atoms with Gasteiger partial charge in [-0.3, -0.25) is 4.79 Å². The highest BCUT2D eigenvalue weighted by atomic mass is 32.1. The number of thiophene rings is 1. The molecule has 4 nitrogen and oxygen atoms in total. The SMILES string of the molecule is O=c1c2sc(-c3ccc(C(F)(F)F)cc3)cc2cnn1Cc1cccc(O)c1. The predicted octanol–water partition coefficient (Wildman–Crippen LogP) is 4.90. The summed E-state index contributed by atoms with van der Waals surface area (Å²) in [4.78, 5) is 13.4. The number of fused-ring (bicyclic) bond motifs is 1.